The Balaban J connectivity index is 1.58. The summed E-state index contributed by atoms with van der Waals surface area (Å²) in [7, 11) is 0. The second kappa shape index (κ2) is 7.51. The Morgan fingerprint density at radius 2 is 1.96 bits per heavy atom. The predicted octanol–water partition coefficient (Wildman–Crippen LogP) is 4.16. The second-order valence-electron chi connectivity index (χ2n) is 5.15. The van der Waals surface area contributed by atoms with E-state index in [4.69, 9.17) is 11.6 Å². The Morgan fingerprint density at radius 1 is 1.21 bits per heavy atom. The van der Waals surface area contributed by atoms with E-state index < -0.39 is 0 Å². The molecule has 3 rings (SSSR count). The average molecular weight is 359 g/mol. The molecule has 0 bridgehead atoms. The van der Waals surface area contributed by atoms with Crippen molar-refractivity contribution in [2.24, 2.45) is 0 Å². The molecule has 5 nitrogen and oxygen atoms in total. The summed E-state index contributed by atoms with van der Waals surface area (Å²) in [6.45, 7) is 2.03. The number of carbonyl (C=O) groups excluding carboxylic acids is 1. The SMILES string of the molecule is Cc1ccc(-c2nc(SCC(=O)Nc3ccccc3Cl)n[nH]2)cc1. The maximum atomic E-state index is 12.0. The van der Waals surface area contributed by atoms with E-state index in [1.54, 1.807) is 12.1 Å². The average Bonchev–Trinajstić information content (AvgIpc) is 3.05. The zero-order valence-electron chi connectivity index (χ0n) is 12.9. The lowest BCUT2D eigenvalue weighted by atomic mass is 10.1. The zero-order valence-corrected chi connectivity index (χ0v) is 14.5. The van der Waals surface area contributed by atoms with Crippen LogP contribution in [-0.2, 0) is 4.79 Å². The molecule has 0 spiro atoms. The maximum Gasteiger partial charge on any atom is 0.234 e. The lowest BCUT2D eigenvalue weighted by Crippen LogP contribution is -2.14. The minimum absolute atomic E-state index is 0.158. The van der Waals surface area contributed by atoms with Gasteiger partial charge in [-0.1, -0.05) is 65.3 Å². The van der Waals surface area contributed by atoms with Crippen LogP contribution in [-0.4, -0.2) is 26.8 Å². The molecule has 0 aliphatic heterocycles. The highest BCUT2D eigenvalue weighted by atomic mass is 35.5. The summed E-state index contributed by atoms with van der Waals surface area (Å²) in [6, 6.07) is 15.1. The number of amides is 1. The molecule has 24 heavy (non-hydrogen) atoms. The van der Waals surface area contributed by atoms with Crippen molar-refractivity contribution in [3.05, 3.63) is 59.1 Å². The summed E-state index contributed by atoms with van der Waals surface area (Å²) in [5, 5.41) is 10.8. The highest BCUT2D eigenvalue weighted by Gasteiger charge is 2.10. The smallest absolute Gasteiger partial charge is 0.234 e. The first kappa shape index (κ1) is 16.5. The van der Waals surface area contributed by atoms with Gasteiger partial charge in [0.2, 0.25) is 11.1 Å². The van der Waals surface area contributed by atoms with Gasteiger partial charge in [-0.3, -0.25) is 9.89 Å². The highest BCUT2D eigenvalue weighted by molar-refractivity contribution is 7.99. The number of benzene rings is 2. The van der Waals surface area contributed by atoms with Crippen LogP contribution in [0.2, 0.25) is 5.02 Å². The van der Waals surface area contributed by atoms with Gasteiger partial charge in [0, 0.05) is 5.56 Å². The molecule has 1 amide bonds. The van der Waals surface area contributed by atoms with Crippen molar-refractivity contribution >= 4 is 35.0 Å². The van der Waals surface area contributed by atoms with Crippen LogP contribution in [0.5, 0.6) is 0 Å². The van der Waals surface area contributed by atoms with Crippen LogP contribution in [0.25, 0.3) is 11.4 Å². The third-order valence-electron chi connectivity index (χ3n) is 3.27. The molecule has 0 unspecified atom stereocenters. The number of rotatable bonds is 5. The van der Waals surface area contributed by atoms with Crippen molar-refractivity contribution in [2.75, 3.05) is 11.1 Å². The number of hydrogen-bond donors (Lipinski definition) is 2. The molecule has 0 saturated carbocycles. The van der Waals surface area contributed by atoms with Crippen LogP contribution in [0.4, 0.5) is 5.69 Å². The van der Waals surface area contributed by atoms with Crippen LogP contribution in [0.3, 0.4) is 0 Å². The third kappa shape index (κ3) is 4.15. The molecule has 0 fully saturated rings. The van der Waals surface area contributed by atoms with Gasteiger partial charge < -0.3 is 5.32 Å². The number of H-pyrrole nitrogens is 1. The third-order valence-corrected chi connectivity index (χ3v) is 4.45. The van der Waals surface area contributed by atoms with E-state index in [0.29, 0.717) is 21.7 Å². The number of aromatic amines is 1. The lowest BCUT2D eigenvalue weighted by molar-refractivity contribution is -0.113. The normalized spacial score (nSPS) is 10.6. The molecule has 1 aromatic heterocycles. The Labute approximate surface area is 148 Å². The fourth-order valence-electron chi connectivity index (χ4n) is 2.03. The summed E-state index contributed by atoms with van der Waals surface area (Å²) < 4.78 is 0. The van der Waals surface area contributed by atoms with Crippen molar-refractivity contribution in [1.82, 2.24) is 15.2 Å². The van der Waals surface area contributed by atoms with Crippen LogP contribution in [0.15, 0.2) is 53.7 Å². The summed E-state index contributed by atoms with van der Waals surface area (Å²) in [5.74, 6) is 0.731. The van der Waals surface area contributed by atoms with Crippen molar-refractivity contribution in [1.29, 1.82) is 0 Å². The molecule has 1 heterocycles. The summed E-state index contributed by atoms with van der Waals surface area (Å²) in [6.07, 6.45) is 0. The summed E-state index contributed by atoms with van der Waals surface area (Å²) in [5.41, 5.74) is 2.74. The van der Waals surface area contributed by atoms with Gasteiger partial charge in [0.05, 0.1) is 16.5 Å². The van der Waals surface area contributed by atoms with Gasteiger partial charge in [0.15, 0.2) is 5.82 Å². The Kier molecular flexibility index (Phi) is 5.17. The first-order chi connectivity index (χ1) is 11.6. The molecular formula is C17H15ClN4OS. The van der Waals surface area contributed by atoms with E-state index in [-0.39, 0.29) is 11.7 Å². The largest absolute Gasteiger partial charge is 0.324 e. The van der Waals surface area contributed by atoms with Gasteiger partial charge in [-0.25, -0.2) is 4.98 Å². The number of aromatic nitrogens is 3. The predicted molar refractivity (Wildman–Crippen MR) is 97.4 cm³/mol. The monoisotopic (exact) mass is 358 g/mol. The number of nitrogens with zero attached hydrogens (tertiary/aromatic N) is 2. The molecule has 2 aromatic carbocycles. The van der Waals surface area contributed by atoms with Gasteiger partial charge in [0.25, 0.3) is 0 Å². The number of para-hydroxylation sites is 1. The first-order valence-corrected chi connectivity index (χ1v) is 8.65. The molecule has 7 heteroatoms. The first-order valence-electron chi connectivity index (χ1n) is 7.28. The molecule has 0 atom stereocenters. The molecule has 0 aliphatic rings. The van der Waals surface area contributed by atoms with Gasteiger partial charge >= 0.3 is 0 Å². The van der Waals surface area contributed by atoms with Gasteiger partial charge in [0.1, 0.15) is 0 Å². The molecule has 0 saturated heterocycles. The van der Waals surface area contributed by atoms with Gasteiger partial charge in [-0.05, 0) is 19.1 Å². The quantitative estimate of drug-likeness (QED) is 0.672. The number of aryl methyl sites for hydroxylation is 1. The topological polar surface area (TPSA) is 70.7 Å². The Hall–Kier alpha value is -2.31. The van der Waals surface area contributed by atoms with E-state index >= 15 is 0 Å². The van der Waals surface area contributed by atoms with Crippen LogP contribution in [0, 0.1) is 6.92 Å². The van der Waals surface area contributed by atoms with Crippen molar-refractivity contribution in [3.8, 4) is 11.4 Å². The van der Waals surface area contributed by atoms with E-state index in [9.17, 15) is 4.79 Å². The van der Waals surface area contributed by atoms with E-state index in [1.807, 2.05) is 43.3 Å². The van der Waals surface area contributed by atoms with Crippen molar-refractivity contribution in [2.45, 2.75) is 12.1 Å². The number of carbonyl (C=O) groups is 1. The minimum atomic E-state index is -0.158. The molecule has 0 aliphatic carbocycles. The number of hydrogen-bond acceptors (Lipinski definition) is 4. The zero-order chi connectivity index (χ0) is 16.9. The maximum absolute atomic E-state index is 12.0. The van der Waals surface area contributed by atoms with E-state index in [0.717, 1.165) is 5.56 Å². The highest BCUT2D eigenvalue weighted by Crippen LogP contribution is 2.22. The van der Waals surface area contributed by atoms with E-state index in [2.05, 4.69) is 20.5 Å². The number of halogens is 1. The Morgan fingerprint density at radius 3 is 2.71 bits per heavy atom. The number of thioether (sulfide) groups is 1. The summed E-state index contributed by atoms with van der Waals surface area (Å²) in [4.78, 5) is 16.4. The van der Waals surface area contributed by atoms with Crippen molar-refractivity contribution in [3.63, 3.8) is 0 Å². The molecule has 3 aromatic rings. The molecule has 2 N–H and O–H groups in total. The van der Waals surface area contributed by atoms with Gasteiger partial charge in [-0.15, -0.1) is 5.10 Å². The molecule has 122 valence electrons. The lowest BCUT2D eigenvalue weighted by Gasteiger charge is -2.05. The number of anilines is 1. The standard InChI is InChI=1S/C17H15ClN4OS/c1-11-6-8-12(9-7-11)16-20-17(22-21-16)24-10-15(23)19-14-5-3-2-4-13(14)18/h2-9H,10H2,1H3,(H,19,23)(H,20,21,22). The molecule has 0 radical (unpaired) electrons. The van der Waals surface area contributed by atoms with Crippen LogP contribution >= 0.6 is 23.4 Å². The fraction of sp³-hybridized carbons (Fsp3) is 0.118. The minimum Gasteiger partial charge on any atom is -0.324 e. The fourth-order valence-corrected chi connectivity index (χ4v) is 2.81. The van der Waals surface area contributed by atoms with E-state index in [1.165, 1.54) is 17.3 Å². The van der Waals surface area contributed by atoms with Crippen LogP contribution in [0.1, 0.15) is 5.56 Å². The summed E-state index contributed by atoms with van der Waals surface area (Å²) >= 11 is 7.28. The van der Waals surface area contributed by atoms with Crippen molar-refractivity contribution < 1.29 is 4.79 Å². The number of nitrogens with one attached hydrogen (secondary N) is 2. The Bertz CT molecular complexity index is 848. The van der Waals surface area contributed by atoms with Crippen LogP contribution < -0.4 is 5.32 Å². The second-order valence-corrected chi connectivity index (χ2v) is 6.50. The molecular weight excluding hydrogens is 344 g/mol. The van der Waals surface area contributed by atoms with Gasteiger partial charge in [-0.2, -0.15) is 0 Å².